The van der Waals surface area contributed by atoms with E-state index < -0.39 is 11.9 Å². The molecule has 1 unspecified atom stereocenters. The van der Waals surface area contributed by atoms with Gasteiger partial charge in [-0.1, -0.05) is 12.1 Å². The van der Waals surface area contributed by atoms with Gasteiger partial charge in [0.15, 0.2) is 11.6 Å². The Morgan fingerprint density at radius 1 is 1.10 bits per heavy atom. The van der Waals surface area contributed by atoms with Crippen LogP contribution in [0.2, 0.25) is 0 Å². The molecule has 0 aliphatic carbocycles. The summed E-state index contributed by atoms with van der Waals surface area (Å²) in [7, 11) is 1.54. The Bertz CT molecular complexity index is 1220. The molecule has 1 fully saturated rings. The van der Waals surface area contributed by atoms with Crippen molar-refractivity contribution in [3.05, 3.63) is 47.5 Å². The van der Waals surface area contributed by atoms with Gasteiger partial charge in [0.2, 0.25) is 17.7 Å². The highest BCUT2D eigenvalue weighted by molar-refractivity contribution is 6.05. The Balaban J connectivity index is 1.40. The number of rotatable bonds is 4. The number of imide groups is 1. The Hall–Kier alpha value is -4.08. The predicted octanol–water partition coefficient (Wildman–Crippen LogP) is 1.30. The van der Waals surface area contributed by atoms with Crippen molar-refractivity contribution in [3.8, 4) is 28.8 Å². The summed E-state index contributed by atoms with van der Waals surface area (Å²) in [4.78, 5) is 45.4. The monoisotopic (exact) mass is 418 g/mol. The normalized spacial score (nSPS) is 18.2. The molecular weight excluding hydrogens is 400 g/mol. The van der Waals surface area contributed by atoms with Crippen LogP contribution in [0.4, 0.5) is 0 Å². The smallest absolute Gasteiger partial charge is 0.255 e. The van der Waals surface area contributed by atoms with E-state index in [0.717, 1.165) is 11.1 Å². The lowest BCUT2D eigenvalue weighted by molar-refractivity contribution is -0.136. The SMILES string of the molecule is COc1cccc(-c2nnc(-c3ccc4c(c3)CN(C3CCC(=O)NC3=O)C4=O)[nH]2)n1. The van der Waals surface area contributed by atoms with E-state index >= 15 is 0 Å². The van der Waals surface area contributed by atoms with Crippen molar-refractivity contribution in [2.45, 2.75) is 25.4 Å². The summed E-state index contributed by atoms with van der Waals surface area (Å²) < 4.78 is 5.14. The quantitative estimate of drug-likeness (QED) is 0.611. The summed E-state index contributed by atoms with van der Waals surface area (Å²) in [5.74, 6) is 0.558. The van der Waals surface area contributed by atoms with Crippen LogP contribution in [0, 0.1) is 0 Å². The van der Waals surface area contributed by atoms with Crippen molar-refractivity contribution < 1.29 is 19.1 Å². The van der Waals surface area contributed by atoms with E-state index in [-0.39, 0.29) is 18.2 Å². The van der Waals surface area contributed by atoms with Crippen LogP contribution >= 0.6 is 0 Å². The van der Waals surface area contributed by atoms with Gasteiger partial charge in [-0.3, -0.25) is 19.7 Å². The fourth-order valence-electron chi connectivity index (χ4n) is 3.89. The molecule has 0 radical (unpaired) electrons. The number of piperidine rings is 1. The molecule has 31 heavy (non-hydrogen) atoms. The maximum absolute atomic E-state index is 12.8. The number of carbonyl (C=O) groups is 3. The van der Waals surface area contributed by atoms with Gasteiger partial charge in [-0.25, -0.2) is 4.98 Å². The molecular formula is C21H18N6O4. The average Bonchev–Trinajstić information content (AvgIpc) is 3.39. The highest BCUT2D eigenvalue weighted by atomic mass is 16.5. The van der Waals surface area contributed by atoms with Gasteiger partial charge < -0.3 is 14.6 Å². The van der Waals surface area contributed by atoms with Crippen molar-refractivity contribution in [3.63, 3.8) is 0 Å². The van der Waals surface area contributed by atoms with E-state index in [1.165, 1.54) is 4.90 Å². The van der Waals surface area contributed by atoms with Crippen LogP contribution in [-0.4, -0.2) is 55.9 Å². The number of benzene rings is 1. The summed E-state index contributed by atoms with van der Waals surface area (Å²) in [6.07, 6.45) is 0.553. The molecule has 0 spiro atoms. The highest BCUT2D eigenvalue weighted by Crippen LogP contribution is 2.30. The lowest BCUT2D eigenvalue weighted by Crippen LogP contribution is -2.52. The van der Waals surface area contributed by atoms with Crippen LogP contribution in [-0.2, 0) is 16.1 Å². The molecule has 10 nitrogen and oxygen atoms in total. The third-order valence-corrected chi connectivity index (χ3v) is 5.46. The molecule has 0 saturated carbocycles. The Morgan fingerprint density at radius 3 is 2.74 bits per heavy atom. The van der Waals surface area contributed by atoms with Crippen LogP contribution < -0.4 is 10.1 Å². The minimum Gasteiger partial charge on any atom is -0.481 e. The van der Waals surface area contributed by atoms with Gasteiger partial charge in [0.1, 0.15) is 11.7 Å². The molecule has 10 heteroatoms. The minimum absolute atomic E-state index is 0.213. The average molecular weight is 418 g/mol. The van der Waals surface area contributed by atoms with Crippen molar-refractivity contribution in [2.75, 3.05) is 7.11 Å². The molecule has 3 aromatic rings. The van der Waals surface area contributed by atoms with Crippen LogP contribution in [0.1, 0.15) is 28.8 Å². The first kappa shape index (κ1) is 18.9. The molecule has 1 saturated heterocycles. The number of ether oxygens (including phenoxy) is 1. The van der Waals surface area contributed by atoms with Crippen LogP contribution in [0.15, 0.2) is 36.4 Å². The lowest BCUT2D eigenvalue weighted by Gasteiger charge is -2.29. The van der Waals surface area contributed by atoms with Gasteiger partial charge in [-0.15, -0.1) is 10.2 Å². The standard InChI is InChI=1S/C21H18N6O4/c1-31-17-4-2-3-14(22-17)19-24-18(25-26-19)11-5-6-13-12(9-11)10-27(21(13)30)15-7-8-16(28)23-20(15)29/h2-6,9,15H,7-8,10H2,1H3,(H,23,28,29)(H,24,25,26). The zero-order chi connectivity index (χ0) is 21.5. The van der Waals surface area contributed by atoms with Crippen molar-refractivity contribution in [1.29, 1.82) is 0 Å². The predicted molar refractivity (Wildman–Crippen MR) is 108 cm³/mol. The number of carbonyl (C=O) groups excluding carboxylic acids is 3. The van der Waals surface area contributed by atoms with E-state index in [0.29, 0.717) is 41.8 Å². The topological polar surface area (TPSA) is 130 Å². The maximum atomic E-state index is 12.8. The largest absolute Gasteiger partial charge is 0.481 e. The molecule has 1 aromatic carbocycles. The van der Waals surface area contributed by atoms with Gasteiger partial charge in [-0.05, 0) is 30.2 Å². The zero-order valence-corrected chi connectivity index (χ0v) is 16.6. The summed E-state index contributed by atoms with van der Waals surface area (Å²) in [5.41, 5.74) is 2.70. The van der Waals surface area contributed by atoms with E-state index in [2.05, 4.69) is 25.5 Å². The summed E-state index contributed by atoms with van der Waals surface area (Å²) in [6, 6.07) is 10.1. The van der Waals surface area contributed by atoms with Gasteiger partial charge in [0.25, 0.3) is 5.91 Å². The molecule has 2 aliphatic rings. The maximum Gasteiger partial charge on any atom is 0.255 e. The number of hydrogen-bond acceptors (Lipinski definition) is 7. The van der Waals surface area contributed by atoms with E-state index in [4.69, 9.17) is 4.74 Å². The molecule has 2 N–H and O–H groups in total. The van der Waals surface area contributed by atoms with Crippen LogP contribution in [0.5, 0.6) is 5.88 Å². The second kappa shape index (κ2) is 7.31. The number of hydrogen-bond donors (Lipinski definition) is 2. The molecule has 1 atom stereocenters. The molecule has 2 aliphatic heterocycles. The minimum atomic E-state index is -0.642. The third kappa shape index (κ3) is 3.31. The van der Waals surface area contributed by atoms with E-state index in [1.54, 1.807) is 31.4 Å². The molecule has 0 bridgehead atoms. The van der Waals surface area contributed by atoms with E-state index in [1.807, 2.05) is 12.1 Å². The third-order valence-electron chi connectivity index (χ3n) is 5.46. The summed E-state index contributed by atoms with van der Waals surface area (Å²) >= 11 is 0. The number of amides is 3. The number of nitrogens with one attached hydrogen (secondary N) is 2. The highest BCUT2D eigenvalue weighted by Gasteiger charge is 2.39. The molecule has 156 valence electrons. The van der Waals surface area contributed by atoms with E-state index in [9.17, 15) is 14.4 Å². The number of fused-ring (bicyclic) bond motifs is 1. The molecule has 3 amide bonds. The van der Waals surface area contributed by atoms with Gasteiger partial charge in [0, 0.05) is 30.2 Å². The fraction of sp³-hybridized carbons (Fsp3) is 0.238. The summed E-state index contributed by atoms with van der Waals surface area (Å²) in [6.45, 7) is 0.298. The van der Waals surface area contributed by atoms with Gasteiger partial charge >= 0.3 is 0 Å². The number of aromatic amines is 1. The van der Waals surface area contributed by atoms with Crippen LogP contribution in [0.25, 0.3) is 22.9 Å². The Morgan fingerprint density at radius 2 is 1.94 bits per heavy atom. The van der Waals surface area contributed by atoms with Gasteiger partial charge in [0.05, 0.1) is 7.11 Å². The second-order valence-electron chi connectivity index (χ2n) is 7.36. The van der Waals surface area contributed by atoms with Crippen molar-refractivity contribution in [2.24, 2.45) is 0 Å². The number of nitrogens with zero attached hydrogens (tertiary/aromatic N) is 4. The number of aromatic nitrogens is 4. The summed E-state index contributed by atoms with van der Waals surface area (Å²) in [5, 5.41) is 10.7. The molecule has 5 rings (SSSR count). The first-order valence-electron chi connectivity index (χ1n) is 9.75. The van der Waals surface area contributed by atoms with Crippen molar-refractivity contribution in [1.82, 2.24) is 30.4 Å². The molecule has 2 aromatic heterocycles. The van der Waals surface area contributed by atoms with Crippen molar-refractivity contribution >= 4 is 17.7 Å². The zero-order valence-electron chi connectivity index (χ0n) is 16.6. The number of methoxy groups -OCH3 is 1. The number of pyridine rings is 1. The number of H-pyrrole nitrogens is 1. The Kier molecular flexibility index (Phi) is 4.46. The van der Waals surface area contributed by atoms with Gasteiger partial charge in [-0.2, -0.15) is 0 Å². The Labute approximate surface area is 176 Å². The first-order chi connectivity index (χ1) is 15.0. The second-order valence-corrected chi connectivity index (χ2v) is 7.36. The van der Waals surface area contributed by atoms with Crippen LogP contribution in [0.3, 0.4) is 0 Å². The lowest BCUT2D eigenvalue weighted by atomic mass is 10.0. The molecule has 4 heterocycles. The fourth-order valence-corrected chi connectivity index (χ4v) is 3.89. The first-order valence-corrected chi connectivity index (χ1v) is 9.75.